The SMILES string of the molecule is CCn1cncc1C1C(N)CCCCN1CCOC. The lowest BCUT2D eigenvalue weighted by Gasteiger charge is -2.33. The number of likely N-dealkylation sites (tertiary alicyclic amines) is 1. The molecule has 0 bridgehead atoms. The van der Waals surface area contributed by atoms with Crippen molar-refractivity contribution in [2.75, 3.05) is 26.8 Å². The number of hydrogen-bond donors (Lipinski definition) is 1. The van der Waals surface area contributed by atoms with Crippen LogP contribution < -0.4 is 5.73 Å². The van der Waals surface area contributed by atoms with Gasteiger partial charge in [0.2, 0.25) is 0 Å². The third-order valence-corrected chi connectivity index (χ3v) is 4.00. The second-order valence-corrected chi connectivity index (χ2v) is 5.24. The molecule has 1 saturated heterocycles. The van der Waals surface area contributed by atoms with Gasteiger partial charge in [0.05, 0.1) is 24.7 Å². The topological polar surface area (TPSA) is 56.3 Å². The summed E-state index contributed by atoms with van der Waals surface area (Å²) in [6, 6.07) is 0.446. The van der Waals surface area contributed by atoms with Crippen molar-refractivity contribution in [3.05, 3.63) is 18.2 Å². The normalized spacial score (nSPS) is 25.4. The van der Waals surface area contributed by atoms with Crippen molar-refractivity contribution >= 4 is 0 Å². The third-order valence-electron chi connectivity index (χ3n) is 4.00. The van der Waals surface area contributed by atoms with Crippen molar-refractivity contribution in [1.29, 1.82) is 0 Å². The van der Waals surface area contributed by atoms with Gasteiger partial charge < -0.3 is 15.0 Å². The summed E-state index contributed by atoms with van der Waals surface area (Å²) in [6.45, 7) is 5.87. The van der Waals surface area contributed by atoms with Crippen LogP contribution in [0.3, 0.4) is 0 Å². The van der Waals surface area contributed by atoms with Crippen LogP contribution in [0, 0.1) is 0 Å². The molecule has 2 heterocycles. The van der Waals surface area contributed by atoms with Crippen molar-refractivity contribution in [2.45, 2.75) is 44.8 Å². The number of nitrogens with two attached hydrogens (primary N) is 1. The molecule has 1 aromatic rings. The van der Waals surface area contributed by atoms with Gasteiger partial charge in [-0.2, -0.15) is 0 Å². The highest BCUT2D eigenvalue weighted by Gasteiger charge is 2.30. The van der Waals surface area contributed by atoms with E-state index >= 15 is 0 Å². The minimum atomic E-state index is 0.182. The van der Waals surface area contributed by atoms with Gasteiger partial charge >= 0.3 is 0 Å². The molecule has 1 aliphatic heterocycles. The molecule has 0 aliphatic carbocycles. The summed E-state index contributed by atoms with van der Waals surface area (Å²) in [5, 5.41) is 0. The maximum atomic E-state index is 6.43. The zero-order chi connectivity index (χ0) is 13.7. The first-order chi connectivity index (χ1) is 9.27. The first-order valence-electron chi connectivity index (χ1n) is 7.26. The lowest BCUT2D eigenvalue weighted by atomic mass is 10.0. The molecular formula is C14H26N4O. The molecule has 108 valence electrons. The standard InChI is InChI=1S/C14H26N4O/c1-3-17-11-16-10-13(17)14-12(15)6-4-5-7-18(14)8-9-19-2/h10-12,14H,3-9,15H2,1-2H3. The van der Waals surface area contributed by atoms with Crippen LogP contribution in [0.1, 0.15) is 37.9 Å². The summed E-state index contributed by atoms with van der Waals surface area (Å²) < 4.78 is 7.44. The monoisotopic (exact) mass is 266 g/mol. The Hall–Kier alpha value is -0.910. The molecular weight excluding hydrogens is 240 g/mol. The van der Waals surface area contributed by atoms with E-state index in [1.807, 2.05) is 12.5 Å². The largest absolute Gasteiger partial charge is 0.383 e. The van der Waals surface area contributed by atoms with E-state index in [0.29, 0.717) is 0 Å². The van der Waals surface area contributed by atoms with E-state index in [1.54, 1.807) is 7.11 Å². The van der Waals surface area contributed by atoms with Gasteiger partial charge in [0, 0.05) is 32.4 Å². The van der Waals surface area contributed by atoms with Crippen LogP contribution in [0.2, 0.25) is 0 Å². The first kappa shape index (κ1) is 14.5. The van der Waals surface area contributed by atoms with Gasteiger partial charge in [0.1, 0.15) is 0 Å². The number of imidazole rings is 1. The maximum Gasteiger partial charge on any atom is 0.0948 e. The van der Waals surface area contributed by atoms with Gasteiger partial charge in [-0.05, 0) is 26.3 Å². The number of methoxy groups -OCH3 is 1. The minimum Gasteiger partial charge on any atom is -0.383 e. The van der Waals surface area contributed by atoms with Gasteiger partial charge in [-0.15, -0.1) is 0 Å². The number of hydrogen-bond acceptors (Lipinski definition) is 4. The zero-order valence-electron chi connectivity index (χ0n) is 12.1. The minimum absolute atomic E-state index is 0.182. The molecule has 0 saturated carbocycles. The Morgan fingerprint density at radius 1 is 1.47 bits per heavy atom. The van der Waals surface area contributed by atoms with Crippen LogP contribution in [-0.4, -0.2) is 47.3 Å². The molecule has 5 nitrogen and oxygen atoms in total. The summed E-state index contributed by atoms with van der Waals surface area (Å²) in [4.78, 5) is 6.76. The van der Waals surface area contributed by atoms with Crippen molar-refractivity contribution in [2.24, 2.45) is 5.73 Å². The quantitative estimate of drug-likeness (QED) is 0.875. The van der Waals surface area contributed by atoms with Crippen molar-refractivity contribution < 1.29 is 4.74 Å². The van der Waals surface area contributed by atoms with Crippen LogP contribution in [0.5, 0.6) is 0 Å². The van der Waals surface area contributed by atoms with Crippen LogP contribution in [0.25, 0.3) is 0 Å². The predicted octanol–water partition coefficient (Wildman–Crippen LogP) is 1.40. The fourth-order valence-electron chi connectivity index (χ4n) is 2.97. The fourth-order valence-corrected chi connectivity index (χ4v) is 2.97. The van der Waals surface area contributed by atoms with Crippen LogP contribution in [0.15, 0.2) is 12.5 Å². The Labute approximate surface area is 115 Å². The average molecular weight is 266 g/mol. The summed E-state index contributed by atoms with van der Waals surface area (Å²) in [7, 11) is 1.75. The second kappa shape index (κ2) is 7.03. The molecule has 0 amide bonds. The van der Waals surface area contributed by atoms with E-state index in [9.17, 15) is 0 Å². The highest BCUT2D eigenvalue weighted by Crippen LogP contribution is 2.29. The second-order valence-electron chi connectivity index (χ2n) is 5.24. The molecule has 5 heteroatoms. The smallest absolute Gasteiger partial charge is 0.0948 e. The highest BCUT2D eigenvalue weighted by molar-refractivity contribution is 5.10. The van der Waals surface area contributed by atoms with Gasteiger partial charge in [0.15, 0.2) is 0 Å². The van der Waals surface area contributed by atoms with Crippen LogP contribution >= 0.6 is 0 Å². The molecule has 2 atom stereocenters. The number of aromatic nitrogens is 2. The molecule has 2 rings (SSSR count). The molecule has 0 aromatic carbocycles. The average Bonchev–Trinajstić information content (AvgIpc) is 2.80. The Kier molecular flexibility index (Phi) is 5.36. The molecule has 2 N–H and O–H groups in total. The van der Waals surface area contributed by atoms with E-state index < -0.39 is 0 Å². The maximum absolute atomic E-state index is 6.43. The van der Waals surface area contributed by atoms with E-state index in [4.69, 9.17) is 10.5 Å². The zero-order valence-corrected chi connectivity index (χ0v) is 12.1. The van der Waals surface area contributed by atoms with Gasteiger partial charge in [-0.1, -0.05) is 6.42 Å². The van der Waals surface area contributed by atoms with Crippen LogP contribution in [0.4, 0.5) is 0 Å². The van der Waals surface area contributed by atoms with E-state index in [0.717, 1.165) is 32.7 Å². The first-order valence-corrected chi connectivity index (χ1v) is 7.26. The Morgan fingerprint density at radius 3 is 3.05 bits per heavy atom. The summed E-state index contributed by atoms with van der Waals surface area (Å²) in [5.41, 5.74) is 7.68. The number of aryl methyl sites for hydroxylation is 1. The highest BCUT2D eigenvalue weighted by atomic mass is 16.5. The molecule has 1 fully saturated rings. The van der Waals surface area contributed by atoms with E-state index in [1.165, 1.54) is 18.5 Å². The van der Waals surface area contributed by atoms with Gasteiger partial charge in [-0.25, -0.2) is 4.98 Å². The fraction of sp³-hybridized carbons (Fsp3) is 0.786. The Balaban J connectivity index is 2.23. The Bertz CT molecular complexity index is 379. The predicted molar refractivity (Wildman–Crippen MR) is 75.9 cm³/mol. The molecule has 0 radical (unpaired) electrons. The summed E-state index contributed by atoms with van der Waals surface area (Å²) >= 11 is 0. The van der Waals surface area contributed by atoms with Gasteiger partial charge in [-0.3, -0.25) is 4.90 Å². The molecule has 1 aromatic heterocycles. The summed E-state index contributed by atoms with van der Waals surface area (Å²) in [6.07, 6.45) is 7.39. The summed E-state index contributed by atoms with van der Waals surface area (Å²) in [5.74, 6) is 0. The molecule has 2 unspecified atom stereocenters. The van der Waals surface area contributed by atoms with Crippen molar-refractivity contribution in [3.63, 3.8) is 0 Å². The van der Waals surface area contributed by atoms with Crippen LogP contribution in [-0.2, 0) is 11.3 Å². The molecule has 0 spiro atoms. The number of ether oxygens (including phenoxy) is 1. The number of rotatable bonds is 5. The lowest BCUT2D eigenvalue weighted by molar-refractivity contribution is 0.112. The Morgan fingerprint density at radius 2 is 2.32 bits per heavy atom. The molecule has 1 aliphatic rings. The van der Waals surface area contributed by atoms with Gasteiger partial charge in [0.25, 0.3) is 0 Å². The van der Waals surface area contributed by atoms with E-state index in [2.05, 4.69) is 21.4 Å². The van der Waals surface area contributed by atoms with Crippen molar-refractivity contribution in [3.8, 4) is 0 Å². The number of nitrogens with zero attached hydrogens (tertiary/aromatic N) is 3. The third kappa shape index (κ3) is 3.35. The van der Waals surface area contributed by atoms with E-state index in [-0.39, 0.29) is 12.1 Å². The van der Waals surface area contributed by atoms with Crippen molar-refractivity contribution in [1.82, 2.24) is 14.5 Å². The molecule has 19 heavy (non-hydrogen) atoms. The lowest BCUT2D eigenvalue weighted by Crippen LogP contribution is -2.42.